The summed E-state index contributed by atoms with van der Waals surface area (Å²) in [6.07, 6.45) is 0. The van der Waals surface area contributed by atoms with E-state index in [-0.39, 0.29) is 5.69 Å². The molecule has 2 aromatic carbocycles. The summed E-state index contributed by atoms with van der Waals surface area (Å²) < 4.78 is 26.7. The molecule has 7 heteroatoms. The van der Waals surface area contributed by atoms with E-state index in [9.17, 15) is 13.6 Å². The van der Waals surface area contributed by atoms with Gasteiger partial charge in [-0.3, -0.25) is 5.10 Å². The van der Waals surface area contributed by atoms with Crippen LogP contribution in [-0.2, 0) is 0 Å². The van der Waals surface area contributed by atoms with Gasteiger partial charge in [0.25, 0.3) is 0 Å². The number of halogens is 2. The summed E-state index contributed by atoms with van der Waals surface area (Å²) >= 11 is 0. The molecule has 3 N–H and O–H groups in total. The van der Waals surface area contributed by atoms with Gasteiger partial charge in [0.15, 0.2) is 0 Å². The maximum absolute atomic E-state index is 13.7. The van der Waals surface area contributed by atoms with E-state index in [1.165, 1.54) is 0 Å². The number of benzene rings is 2. The van der Waals surface area contributed by atoms with Gasteiger partial charge in [-0.05, 0) is 38.5 Å². The number of anilines is 2. The van der Waals surface area contributed by atoms with Crippen LogP contribution in [0.5, 0.6) is 0 Å². The first-order valence-electron chi connectivity index (χ1n) is 8.01. The van der Waals surface area contributed by atoms with E-state index in [4.69, 9.17) is 0 Å². The fourth-order valence-electron chi connectivity index (χ4n) is 2.71. The van der Waals surface area contributed by atoms with Gasteiger partial charge < -0.3 is 10.6 Å². The highest BCUT2D eigenvalue weighted by molar-refractivity contribution is 6.02. The largest absolute Gasteiger partial charge is 0.323 e. The van der Waals surface area contributed by atoms with Gasteiger partial charge in [-0.1, -0.05) is 23.8 Å². The van der Waals surface area contributed by atoms with Crippen molar-refractivity contribution in [3.63, 3.8) is 0 Å². The zero-order valence-corrected chi connectivity index (χ0v) is 14.6. The Bertz CT molecular complexity index is 982. The van der Waals surface area contributed by atoms with Crippen LogP contribution < -0.4 is 10.6 Å². The highest BCUT2D eigenvalue weighted by atomic mass is 19.1. The first-order chi connectivity index (χ1) is 12.3. The zero-order valence-electron chi connectivity index (χ0n) is 14.6. The Labute approximate surface area is 149 Å². The molecule has 1 aromatic heterocycles. The lowest BCUT2D eigenvalue weighted by Gasteiger charge is -2.11. The lowest BCUT2D eigenvalue weighted by atomic mass is 10.0. The second-order valence-electron chi connectivity index (χ2n) is 6.09. The molecule has 0 saturated carbocycles. The summed E-state index contributed by atoms with van der Waals surface area (Å²) in [5.74, 6) is -1.56. The highest BCUT2D eigenvalue weighted by Crippen LogP contribution is 2.31. The van der Waals surface area contributed by atoms with E-state index in [1.54, 1.807) is 6.92 Å². The molecule has 0 atom stereocenters. The summed E-state index contributed by atoms with van der Waals surface area (Å²) in [4.78, 5) is 12.3. The van der Waals surface area contributed by atoms with Gasteiger partial charge in [0.05, 0.1) is 17.1 Å². The van der Waals surface area contributed by atoms with Crippen LogP contribution in [0.15, 0.2) is 36.4 Å². The number of amides is 2. The van der Waals surface area contributed by atoms with Crippen LogP contribution in [0.1, 0.15) is 16.8 Å². The third kappa shape index (κ3) is 3.56. The van der Waals surface area contributed by atoms with E-state index in [1.807, 2.05) is 32.0 Å². The van der Waals surface area contributed by atoms with Crippen LogP contribution in [0, 0.1) is 32.4 Å². The van der Waals surface area contributed by atoms with Gasteiger partial charge >= 0.3 is 6.03 Å². The number of aromatic nitrogens is 2. The molecule has 3 rings (SSSR count). The third-order valence-electron chi connectivity index (χ3n) is 4.00. The van der Waals surface area contributed by atoms with Gasteiger partial charge in [-0.15, -0.1) is 0 Å². The molecule has 134 valence electrons. The van der Waals surface area contributed by atoms with Crippen LogP contribution in [-0.4, -0.2) is 16.2 Å². The monoisotopic (exact) mass is 356 g/mol. The summed E-state index contributed by atoms with van der Waals surface area (Å²) in [7, 11) is 0. The first-order valence-corrected chi connectivity index (χ1v) is 8.01. The minimum Gasteiger partial charge on any atom is -0.305 e. The van der Waals surface area contributed by atoms with Gasteiger partial charge in [0.2, 0.25) is 0 Å². The molecule has 0 aliphatic heterocycles. The molecule has 0 aliphatic rings. The average molecular weight is 356 g/mol. The Morgan fingerprint density at radius 2 is 1.81 bits per heavy atom. The minimum atomic E-state index is -0.848. The first kappa shape index (κ1) is 17.6. The number of hydrogen-bond donors (Lipinski definition) is 3. The number of aromatic amines is 1. The molecule has 0 bridgehead atoms. The summed E-state index contributed by atoms with van der Waals surface area (Å²) in [6.45, 7) is 5.73. The number of nitrogens with one attached hydrogen (secondary N) is 3. The Kier molecular flexibility index (Phi) is 4.71. The van der Waals surface area contributed by atoms with Crippen molar-refractivity contribution in [3.05, 3.63) is 64.9 Å². The Hall–Kier alpha value is -3.22. The molecule has 0 unspecified atom stereocenters. The summed E-state index contributed by atoms with van der Waals surface area (Å²) in [5.41, 5.74) is 4.66. The molecular weight excluding hydrogens is 338 g/mol. The number of carbonyl (C=O) groups excluding carboxylic acids is 1. The number of carbonyl (C=O) groups is 1. The van der Waals surface area contributed by atoms with E-state index in [0.29, 0.717) is 23.1 Å². The second kappa shape index (κ2) is 6.95. The Morgan fingerprint density at radius 3 is 2.50 bits per heavy atom. The van der Waals surface area contributed by atoms with Crippen LogP contribution >= 0.6 is 0 Å². The molecule has 2 amide bonds. The molecule has 1 heterocycles. The number of H-pyrrole nitrogens is 1. The van der Waals surface area contributed by atoms with E-state index in [0.717, 1.165) is 28.8 Å². The standard InChI is InChI=1S/C19H18F2N4O/c1-10-4-6-14(11(2)8-10)18-17(12(3)24-25-18)23-19(26)22-16-7-5-13(20)9-15(16)21/h4-9H,1-3H3,(H,24,25)(H2,22,23,26). The maximum atomic E-state index is 13.7. The summed E-state index contributed by atoms with van der Waals surface area (Å²) in [5, 5.41) is 12.2. The topological polar surface area (TPSA) is 69.8 Å². The van der Waals surface area contributed by atoms with Crippen molar-refractivity contribution >= 4 is 17.4 Å². The molecule has 0 saturated heterocycles. The third-order valence-corrected chi connectivity index (χ3v) is 4.00. The number of urea groups is 1. The second-order valence-corrected chi connectivity index (χ2v) is 6.09. The molecule has 0 fully saturated rings. The number of hydrogen-bond acceptors (Lipinski definition) is 2. The maximum Gasteiger partial charge on any atom is 0.323 e. The van der Waals surface area contributed by atoms with Gasteiger partial charge in [0, 0.05) is 11.6 Å². The van der Waals surface area contributed by atoms with Gasteiger partial charge in [-0.2, -0.15) is 5.10 Å². The quantitative estimate of drug-likeness (QED) is 0.623. The van der Waals surface area contributed by atoms with Crippen molar-refractivity contribution in [2.45, 2.75) is 20.8 Å². The molecule has 5 nitrogen and oxygen atoms in total. The lowest BCUT2D eigenvalue weighted by Crippen LogP contribution is -2.20. The lowest BCUT2D eigenvalue weighted by molar-refractivity contribution is 0.262. The fraction of sp³-hybridized carbons (Fsp3) is 0.158. The molecule has 0 aliphatic carbocycles. The van der Waals surface area contributed by atoms with Crippen molar-refractivity contribution in [3.8, 4) is 11.3 Å². The average Bonchev–Trinajstić information content (AvgIpc) is 2.91. The molecule has 26 heavy (non-hydrogen) atoms. The van der Waals surface area contributed by atoms with E-state index < -0.39 is 17.7 Å². The van der Waals surface area contributed by atoms with Gasteiger partial charge in [-0.25, -0.2) is 13.6 Å². The Morgan fingerprint density at radius 1 is 1.04 bits per heavy atom. The predicted octanol–water partition coefficient (Wildman–Crippen LogP) is 4.92. The molecule has 3 aromatic rings. The smallest absolute Gasteiger partial charge is 0.305 e. The number of nitrogens with zero attached hydrogens (tertiary/aromatic N) is 1. The van der Waals surface area contributed by atoms with Gasteiger partial charge in [0.1, 0.15) is 17.3 Å². The normalized spacial score (nSPS) is 10.7. The number of aryl methyl sites for hydroxylation is 3. The van der Waals surface area contributed by atoms with Crippen LogP contribution in [0.2, 0.25) is 0 Å². The van der Waals surface area contributed by atoms with Crippen molar-refractivity contribution in [1.29, 1.82) is 0 Å². The fourth-order valence-corrected chi connectivity index (χ4v) is 2.71. The van der Waals surface area contributed by atoms with E-state index in [2.05, 4.69) is 20.8 Å². The SMILES string of the molecule is Cc1ccc(-c2n[nH]c(C)c2NC(=O)Nc2ccc(F)cc2F)c(C)c1. The zero-order chi connectivity index (χ0) is 18.8. The van der Waals surface area contributed by atoms with Crippen LogP contribution in [0.25, 0.3) is 11.3 Å². The summed E-state index contributed by atoms with van der Waals surface area (Å²) in [6, 6.07) is 8.22. The Balaban J connectivity index is 1.86. The minimum absolute atomic E-state index is 0.113. The van der Waals surface area contributed by atoms with Crippen molar-refractivity contribution in [1.82, 2.24) is 10.2 Å². The van der Waals surface area contributed by atoms with Crippen LogP contribution in [0.3, 0.4) is 0 Å². The van der Waals surface area contributed by atoms with E-state index >= 15 is 0 Å². The van der Waals surface area contributed by atoms with Crippen molar-refractivity contribution < 1.29 is 13.6 Å². The molecule has 0 spiro atoms. The van der Waals surface area contributed by atoms with Crippen LogP contribution in [0.4, 0.5) is 25.0 Å². The molecular formula is C19H18F2N4O. The van der Waals surface area contributed by atoms with Crippen molar-refractivity contribution in [2.24, 2.45) is 0 Å². The highest BCUT2D eigenvalue weighted by Gasteiger charge is 2.17. The number of rotatable bonds is 3. The molecule has 0 radical (unpaired) electrons. The predicted molar refractivity (Wildman–Crippen MR) is 97.2 cm³/mol. The van der Waals surface area contributed by atoms with Crippen molar-refractivity contribution in [2.75, 3.05) is 10.6 Å².